The zero-order chi connectivity index (χ0) is 9.19. The van der Waals surface area contributed by atoms with E-state index >= 15 is 0 Å². The van der Waals surface area contributed by atoms with Crippen LogP contribution >= 0.6 is 22.6 Å². The third-order valence-electron chi connectivity index (χ3n) is 1.45. The first-order chi connectivity index (χ1) is 5.49. The lowest BCUT2D eigenvalue weighted by atomic mass is 10.4. The molecule has 0 amide bonds. The molecule has 0 aromatic carbocycles. The molecule has 1 saturated heterocycles. The second-order valence-corrected chi connectivity index (χ2v) is 3.88. The lowest BCUT2D eigenvalue weighted by Gasteiger charge is -2.16. The summed E-state index contributed by atoms with van der Waals surface area (Å²) in [5, 5.41) is 0. The maximum absolute atomic E-state index is 10.4. The largest absolute Gasteiger partial charge is 0.455 e. The van der Waals surface area contributed by atoms with Crippen molar-refractivity contribution in [2.75, 3.05) is 13.2 Å². The number of ether oxygens (including phenoxy) is 3. The van der Waals surface area contributed by atoms with Gasteiger partial charge in [-0.1, -0.05) is 0 Å². The Kier molecular flexibility index (Phi) is 3.30. The molecule has 0 aromatic heterocycles. The quantitative estimate of drug-likeness (QED) is 0.572. The van der Waals surface area contributed by atoms with E-state index in [9.17, 15) is 4.79 Å². The summed E-state index contributed by atoms with van der Waals surface area (Å²) in [6, 6.07) is 0. The molecule has 0 aromatic rings. The van der Waals surface area contributed by atoms with Gasteiger partial charge in [0.25, 0.3) is 0 Å². The van der Waals surface area contributed by atoms with Gasteiger partial charge in [-0.3, -0.25) is 0 Å². The van der Waals surface area contributed by atoms with Crippen molar-refractivity contribution in [2.24, 2.45) is 0 Å². The number of halogens is 1. The number of carbonyl (C=O) groups excluding carboxylic acids is 1. The van der Waals surface area contributed by atoms with E-state index in [4.69, 9.17) is 14.2 Å². The molecule has 1 aliphatic heterocycles. The molecule has 1 rings (SSSR count). The summed E-state index contributed by atoms with van der Waals surface area (Å²) in [7, 11) is 0. The Labute approximate surface area is 84.7 Å². The minimum atomic E-state index is -0.539. The summed E-state index contributed by atoms with van der Waals surface area (Å²) in [6.07, 6.45) is -0.126. The highest BCUT2D eigenvalue weighted by molar-refractivity contribution is 14.1. The van der Waals surface area contributed by atoms with Crippen LogP contribution in [-0.4, -0.2) is 29.1 Å². The zero-order valence-corrected chi connectivity index (χ0v) is 9.16. The standard InChI is InChI=1S/C7H11IO4/c1-7(2)11-4-5(12-7)3-10-6(8)9/h5H,3-4H2,1-2H3. The highest BCUT2D eigenvalue weighted by atomic mass is 127. The van der Waals surface area contributed by atoms with Gasteiger partial charge < -0.3 is 14.2 Å². The van der Waals surface area contributed by atoms with Crippen LogP contribution in [0.3, 0.4) is 0 Å². The molecule has 1 unspecified atom stereocenters. The van der Waals surface area contributed by atoms with Crippen molar-refractivity contribution in [3.05, 3.63) is 0 Å². The Hall–Kier alpha value is 0.120. The third kappa shape index (κ3) is 3.24. The van der Waals surface area contributed by atoms with E-state index in [0.29, 0.717) is 6.61 Å². The predicted octanol–water partition coefficient (Wildman–Crippen LogP) is 1.71. The van der Waals surface area contributed by atoms with Crippen LogP contribution in [0.15, 0.2) is 0 Å². The molecule has 0 saturated carbocycles. The molecule has 4 nitrogen and oxygen atoms in total. The third-order valence-corrected chi connectivity index (χ3v) is 1.76. The van der Waals surface area contributed by atoms with Gasteiger partial charge >= 0.3 is 3.98 Å². The van der Waals surface area contributed by atoms with Gasteiger partial charge in [-0.2, -0.15) is 0 Å². The fourth-order valence-corrected chi connectivity index (χ4v) is 1.18. The van der Waals surface area contributed by atoms with Gasteiger partial charge in [0, 0.05) is 0 Å². The first-order valence-electron chi connectivity index (χ1n) is 3.64. The first-order valence-corrected chi connectivity index (χ1v) is 4.71. The van der Waals surface area contributed by atoms with Gasteiger partial charge in [0.05, 0.1) is 29.2 Å². The summed E-state index contributed by atoms with van der Waals surface area (Å²) in [5.41, 5.74) is 0. The Balaban J connectivity index is 2.24. The van der Waals surface area contributed by atoms with E-state index in [0.717, 1.165) is 0 Å². The highest BCUT2D eigenvalue weighted by Gasteiger charge is 2.33. The van der Waals surface area contributed by atoms with Crippen LogP contribution in [0.4, 0.5) is 4.79 Å². The van der Waals surface area contributed by atoms with Crippen molar-refractivity contribution in [2.45, 2.75) is 25.7 Å². The molecule has 5 heteroatoms. The maximum atomic E-state index is 10.4. The molecule has 70 valence electrons. The molecule has 0 bridgehead atoms. The molecule has 0 N–H and O–H groups in total. The molecular weight excluding hydrogens is 275 g/mol. The van der Waals surface area contributed by atoms with Crippen LogP contribution in [-0.2, 0) is 14.2 Å². The smallest absolute Gasteiger partial charge is 0.367 e. The monoisotopic (exact) mass is 286 g/mol. The van der Waals surface area contributed by atoms with Gasteiger partial charge in [-0.25, -0.2) is 4.79 Å². The van der Waals surface area contributed by atoms with Crippen molar-refractivity contribution < 1.29 is 19.0 Å². The summed E-state index contributed by atoms with van der Waals surface area (Å²) >= 11 is 1.58. The van der Waals surface area contributed by atoms with Crippen LogP contribution in [0.5, 0.6) is 0 Å². The van der Waals surface area contributed by atoms with E-state index in [2.05, 4.69) is 0 Å². The lowest BCUT2D eigenvalue weighted by molar-refractivity contribution is -0.142. The summed E-state index contributed by atoms with van der Waals surface area (Å²) < 4.78 is 15.1. The second-order valence-electron chi connectivity index (χ2n) is 3.00. The van der Waals surface area contributed by atoms with Crippen molar-refractivity contribution in [3.8, 4) is 0 Å². The fraction of sp³-hybridized carbons (Fsp3) is 0.857. The lowest BCUT2D eigenvalue weighted by Crippen LogP contribution is -2.24. The van der Waals surface area contributed by atoms with Gasteiger partial charge in [-0.05, 0) is 13.8 Å². The number of rotatable bonds is 2. The first kappa shape index (κ1) is 10.2. The fourth-order valence-electron chi connectivity index (χ4n) is 1.00. The van der Waals surface area contributed by atoms with Crippen molar-refractivity contribution in [1.29, 1.82) is 0 Å². The number of carbonyl (C=O) groups is 1. The van der Waals surface area contributed by atoms with E-state index in [1.807, 2.05) is 13.8 Å². The number of hydrogen-bond acceptors (Lipinski definition) is 4. The van der Waals surface area contributed by atoms with Crippen LogP contribution in [0.25, 0.3) is 0 Å². The molecule has 12 heavy (non-hydrogen) atoms. The number of hydrogen-bond donors (Lipinski definition) is 0. The molecular formula is C7H11IO4. The summed E-state index contributed by atoms with van der Waals surface area (Å²) in [6.45, 7) is 4.42. The van der Waals surface area contributed by atoms with Crippen LogP contribution in [0.2, 0.25) is 0 Å². The van der Waals surface area contributed by atoms with Crippen LogP contribution in [0, 0.1) is 0 Å². The molecule has 0 spiro atoms. The van der Waals surface area contributed by atoms with Crippen LogP contribution in [0.1, 0.15) is 13.8 Å². The van der Waals surface area contributed by atoms with E-state index in [1.54, 1.807) is 22.6 Å². The average Bonchev–Trinajstić information content (AvgIpc) is 2.26. The highest BCUT2D eigenvalue weighted by Crippen LogP contribution is 2.22. The Morgan fingerprint density at radius 1 is 1.75 bits per heavy atom. The van der Waals surface area contributed by atoms with Gasteiger partial charge in [0.1, 0.15) is 12.7 Å². The molecule has 1 heterocycles. The molecule has 0 radical (unpaired) electrons. The average molecular weight is 286 g/mol. The minimum absolute atomic E-state index is 0.126. The van der Waals surface area contributed by atoms with E-state index < -0.39 is 5.79 Å². The Bertz CT molecular complexity index is 180. The Morgan fingerprint density at radius 3 is 2.83 bits per heavy atom. The molecule has 1 aliphatic rings. The minimum Gasteiger partial charge on any atom is -0.455 e. The second kappa shape index (κ2) is 3.89. The van der Waals surface area contributed by atoms with Crippen molar-refractivity contribution >= 4 is 26.6 Å². The normalized spacial score (nSPS) is 27.1. The SMILES string of the molecule is CC1(C)OCC(COC(=O)I)O1. The van der Waals surface area contributed by atoms with Gasteiger partial charge in [0.2, 0.25) is 0 Å². The summed E-state index contributed by atoms with van der Waals surface area (Å²) in [4.78, 5) is 10.4. The predicted molar refractivity (Wildman–Crippen MR) is 50.3 cm³/mol. The van der Waals surface area contributed by atoms with Gasteiger partial charge in [0.15, 0.2) is 5.79 Å². The zero-order valence-electron chi connectivity index (χ0n) is 7.00. The molecule has 1 fully saturated rings. The van der Waals surface area contributed by atoms with Crippen molar-refractivity contribution in [1.82, 2.24) is 0 Å². The van der Waals surface area contributed by atoms with Crippen molar-refractivity contribution in [3.63, 3.8) is 0 Å². The molecule has 1 atom stereocenters. The van der Waals surface area contributed by atoms with Gasteiger partial charge in [-0.15, -0.1) is 0 Å². The summed E-state index contributed by atoms with van der Waals surface area (Å²) in [5.74, 6) is -0.539. The van der Waals surface area contributed by atoms with E-state index in [-0.39, 0.29) is 16.7 Å². The topological polar surface area (TPSA) is 44.8 Å². The molecule has 0 aliphatic carbocycles. The van der Waals surface area contributed by atoms with E-state index in [1.165, 1.54) is 0 Å². The maximum Gasteiger partial charge on any atom is 0.367 e. The van der Waals surface area contributed by atoms with Crippen LogP contribution < -0.4 is 0 Å². The Morgan fingerprint density at radius 2 is 2.42 bits per heavy atom.